The Morgan fingerprint density at radius 3 is 2.00 bits per heavy atom. The summed E-state index contributed by atoms with van der Waals surface area (Å²) in [5.74, 6) is 0. The third-order valence-electron chi connectivity index (χ3n) is 1.07. The van der Waals surface area contributed by atoms with Gasteiger partial charge in [0.05, 0.1) is 6.61 Å². The minimum absolute atomic E-state index is 0. The molecule has 0 saturated carbocycles. The third-order valence-corrected chi connectivity index (χ3v) is 1.07. The molecule has 6 nitrogen and oxygen atoms in total. The number of hydrogen-bond donors (Lipinski definition) is 5. The maximum Gasteiger partial charge on any atom is 0.151 e. The fourth-order valence-corrected chi connectivity index (χ4v) is 0.416. The first kappa shape index (κ1) is 13.1. The van der Waals surface area contributed by atoms with Gasteiger partial charge in [-0.2, -0.15) is 0 Å². The predicted molar refractivity (Wildman–Crippen MR) is 36.2 cm³/mol. The zero-order valence-electron chi connectivity index (χ0n) is 5.92. The highest BCUT2D eigenvalue weighted by Gasteiger charge is 2.22. The van der Waals surface area contributed by atoms with E-state index in [1.165, 1.54) is 0 Å². The Morgan fingerprint density at radius 2 is 1.73 bits per heavy atom. The zero-order valence-corrected chi connectivity index (χ0v) is 5.92. The number of aldehydes is 1. The van der Waals surface area contributed by atoms with E-state index >= 15 is 0 Å². The Kier molecular flexibility index (Phi) is 7.37. The molecule has 0 fully saturated rings. The highest BCUT2D eigenvalue weighted by molar-refractivity contribution is 5.56. The standard InChI is InChI=1S/C5H10O5.H3N/c6-1-3(8)5(10)4(9)2-7;/h1,3-5,7-10H,2H2;1H3/t3-,4+,5-;/m0./s1. The molecule has 0 aliphatic rings. The predicted octanol–water partition coefficient (Wildman–Crippen LogP) is -2.58. The topological polar surface area (TPSA) is 133 Å². The highest BCUT2D eigenvalue weighted by Crippen LogP contribution is 1.96. The molecule has 6 heteroatoms. The van der Waals surface area contributed by atoms with Gasteiger partial charge in [0.2, 0.25) is 0 Å². The molecule has 0 aromatic carbocycles. The molecule has 11 heavy (non-hydrogen) atoms. The Balaban J connectivity index is 0. The molecule has 0 heterocycles. The van der Waals surface area contributed by atoms with E-state index in [4.69, 9.17) is 20.4 Å². The number of aliphatic hydroxyl groups excluding tert-OH is 4. The van der Waals surface area contributed by atoms with Crippen molar-refractivity contribution in [2.24, 2.45) is 0 Å². The highest BCUT2D eigenvalue weighted by atomic mass is 16.4. The van der Waals surface area contributed by atoms with Gasteiger partial charge in [-0.1, -0.05) is 0 Å². The largest absolute Gasteiger partial charge is 0.394 e. The van der Waals surface area contributed by atoms with Gasteiger partial charge in [-0.05, 0) is 0 Å². The summed E-state index contributed by atoms with van der Waals surface area (Å²) in [4.78, 5) is 9.76. The first-order chi connectivity index (χ1) is 4.63. The summed E-state index contributed by atoms with van der Waals surface area (Å²) in [7, 11) is 0. The van der Waals surface area contributed by atoms with Gasteiger partial charge in [-0.3, -0.25) is 0 Å². The third kappa shape index (κ3) is 4.02. The minimum Gasteiger partial charge on any atom is -0.394 e. The van der Waals surface area contributed by atoms with Gasteiger partial charge in [0.15, 0.2) is 6.29 Å². The lowest BCUT2D eigenvalue weighted by Gasteiger charge is -2.16. The SMILES string of the molecule is N.O=C[C@H](O)[C@H](O)[C@H](O)CO. The molecule has 3 atom stereocenters. The molecular weight excluding hydrogens is 154 g/mol. The Morgan fingerprint density at radius 1 is 1.27 bits per heavy atom. The van der Waals surface area contributed by atoms with E-state index in [9.17, 15) is 4.79 Å². The van der Waals surface area contributed by atoms with E-state index in [-0.39, 0.29) is 12.4 Å². The van der Waals surface area contributed by atoms with Crippen LogP contribution >= 0.6 is 0 Å². The van der Waals surface area contributed by atoms with Crippen molar-refractivity contribution in [1.82, 2.24) is 6.15 Å². The maximum absolute atomic E-state index is 9.76. The van der Waals surface area contributed by atoms with Crippen LogP contribution in [0.2, 0.25) is 0 Å². The summed E-state index contributed by atoms with van der Waals surface area (Å²) in [6.45, 7) is -0.688. The van der Waals surface area contributed by atoms with Crippen molar-refractivity contribution in [3.63, 3.8) is 0 Å². The van der Waals surface area contributed by atoms with Crippen molar-refractivity contribution in [3.8, 4) is 0 Å². The second kappa shape index (κ2) is 6.20. The van der Waals surface area contributed by atoms with Crippen LogP contribution in [0.15, 0.2) is 0 Å². The molecule has 0 amide bonds. The first-order valence-corrected chi connectivity index (χ1v) is 2.73. The van der Waals surface area contributed by atoms with Gasteiger partial charge in [-0.15, -0.1) is 0 Å². The number of carbonyl (C=O) groups excluding carboxylic acids is 1. The van der Waals surface area contributed by atoms with Gasteiger partial charge in [0.1, 0.15) is 18.3 Å². The van der Waals surface area contributed by atoms with Crippen molar-refractivity contribution < 1.29 is 25.2 Å². The smallest absolute Gasteiger partial charge is 0.151 e. The molecule has 0 aromatic rings. The molecule has 0 rings (SSSR count). The molecule has 0 spiro atoms. The van der Waals surface area contributed by atoms with Gasteiger partial charge in [0, 0.05) is 0 Å². The molecule has 0 saturated heterocycles. The number of hydrogen-bond acceptors (Lipinski definition) is 6. The molecule has 68 valence electrons. The minimum atomic E-state index is -1.64. The van der Waals surface area contributed by atoms with Gasteiger partial charge in [-0.25, -0.2) is 0 Å². The zero-order chi connectivity index (χ0) is 8.15. The molecule has 0 radical (unpaired) electrons. The lowest BCUT2D eigenvalue weighted by atomic mass is 10.1. The quantitative estimate of drug-likeness (QED) is 0.292. The van der Waals surface area contributed by atoms with Gasteiger partial charge in [0.25, 0.3) is 0 Å². The molecule has 0 bridgehead atoms. The van der Waals surface area contributed by atoms with Crippen molar-refractivity contribution in [2.45, 2.75) is 18.3 Å². The Hall–Kier alpha value is -0.530. The van der Waals surface area contributed by atoms with E-state index in [2.05, 4.69) is 0 Å². The normalized spacial score (nSPS) is 17.8. The van der Waals surface area contributed by atoms with Crippen molar-refractivity contribution >= 4 is 6.29 Å². The van der Waals surface area contributed by atoms with E-state index in [0.717, 1.165) is 0 Å². The molecule has 0 aromatic heterocycles. The van der Waals surface area contributed by atoms with Crippen LogP contribution in [0.1, 0.15) is 0 Å². The van der Waals surface area contributed by atoms with Crippen LogP contribution in [0.5, 0.6) is 0 Å². The van der Waals surface area contributed by atoms with Crippen LogP contribution in [0.25, 0.3) is 0 Å². The van der Waals surface area contributed by atoms with E-state index in [1.54, 1.807) is 0 Å². The Labute approximate surface area is 63.7 Å². The molecule has 7 N–H and O–H groups in total. The lowest BCUT2D eigenvalue weighted by Crippen LogP contribution is -2.40. The summed E-state index contributed by atoms with van der Waals surface area (Å²) < 4.78 is 0. The number of carbonyl (C=O) groups is 1. The van der Waals surface area contributed by atoms with Crippen LogP contribution in [0.3, 0.4) is 0 Å². The fraction of sp³-hybridized carbons (Fsp3) is 0.800. The van der Waals surface area contributed by atoms with E-state index < -0.39 is 24.9 Å². The maximum atomic E-state index is 9.76. The molecule has 0 aliphatic carbocycles. The molecular formula is C5H13NO5. The monoisotopic (exact) mass is 167 g/mol. The first-order valence-electron chi connectivity index (χ1n) is 2.73. The summed E-state index contributed by atoms with van der Waals surface area (Å²) in [5, 5.41) is 34.1. The summed E-state index contributed by atoms with van der Waals surface area (Å²) in [5.41, 5.74) is 0. The van der Waals surface area contributed by atoms with Crippen LogP contribution in [-0.4, -0.2) is 51.6 Å². The van der Waals surface area contributed by atoms with Crippen LogP contribution in [-0.2, 0) is 4.79 Å². The van der Waals surface area contributed by atoms with Crippen LogP contribution < -0.4 is 6.15 Å². The van der Waals surface area contributed by atoms with Crippen molar-refractivity contribution in [1.29, 1.82) is 0 Å². The fourth-order valence-electron chi connectivity index (χ4n) is 0.416. The number of aliphatic hydroxyl groups is 4. The second-order valence-corrected chi connectivity index (χ2v) is 1.87. The van der Waals surface area contributed by atoms with Crippen LogP contribution in [0.4, 0.5) is 0 Å². The summed E-state index contributed by atoms with van der Waals surface area (Å²) >= 11 is 0. The van der Waals surface area contributed by atoms with E-state index in [1.807, 2.05) is 0 Å². The summed E-state index contributed by atoms with van der Waals surface area (Å²) in [6, 6.07) is 0. The van der Waals surface area contributed by atoms with E-state index in [0.29, 0.717) is 0 Å². The number of rotatable bonds is 4. The molecule has 0 unspecified atom stereocenters. The average Bonchev–Trinajstić information content (AvgIpc) is 2.00. The molecule has 0 aliphatic heterocycles. The lowest BCUT2D eigenvalue weighted by molar-refractivity contribution is -0.127. The van der Waals surface area contributed by atoms with Crippen LogP contribution in [0, 0.1) is 0 Å². The van der Waals surface area contributed by atoms with Gasteiger partial charge >= 0.3 is 0 Å². The second-order valence-electron chi connectivity index (χ2n) is 1.87. The van der Waals surface area contributed by atoms with Crippen molar-refractivity contribution in [3.05, 3.63) is 0 Å². The average molecular weight is 167 g/mol. The summed E-state index contributed by atoms with van der Waals surface area (Å²) in [6.07, 6.45) is -4.63. The Bertz CT molecular complexity index is 109. The van der Waals surface area contributed by atoms with Gasteiger partial charge < -0.3 is 31.4 Å². The van der Waals surface area contributed by atoms with Crippen molar-refractivity contribution in [2.75, 3.05) is 6.61 Å².